The molecule has 0 atom stereocenters. The number of rotatable bonds is 2. The standard InChI is InChI=1S/C3H5IO2.Na/c4-2-1-3(5)6;/h1-2H2,(H,5,6);/q;+1/p-1. The average Bonchev–Trinajstić information content (AvgIpc) is 1.35. The van der Waals surface area contributed by atoms with Gasteiger partial charge in [-0.05, 0) is 6.42 Å². The van der Waals surface area contributed by atoms with Gasteiger partial charge in [-0.15, -0.1) is 0 Å². The van der Waals surface area contributed by atoms with Gasteiger partial charge in [0.2, 0.25) is 0 Å². The molecule has 0 unspecified atom stereocenters. The second kappa shape index (κ2) is 7.20. The van der Waals surface area contributed by atoms with Gasteiger partial charge in [0, 0.05) is 10.4 Å². The number of carboxylic acids is 1. The Bertz CT molecular complexity index is 56.9. The molecule has 0 aliphatic carbocycles. The van der Waals surface area contributed by atoms with E-state index in [1.807, 2.05) is 22.6 Å². The van der Waals surface area contributed by atoms with Crippen LogP contribution in [0, 0.1) is 0 Å². The molecule has 0 bridgehead atoms. The van der Waals surface area contributed by atoms with Crippen LogP contribution in [0.25, 0.3) is 0 Å². The predicted octanol–water partition coefficient (Wildman–Crippen LogP) is -3.43. The minimum Gasteiger partial charge on any atom is -0.550 e. The summed E-state index contributed by atoms with van der Waals surface area (Å²) in [5.74, 6) is -0.968. The molecule has 36 valence electrons. The van der Waals surface area contributed by atoms with E-state index in [9.17, 15) is 9.90 Å². The molecule has 0 N–H and O–H groups in total. The third-order valence-electron chi connectivity index (χ3n) is 0.299. The van der Waals surface area contributed by atoms with Gasteiger partial charge >= 0.3 is 29.6 Å². The largest absolute Gasteiger partial charge is 1.00 e. The van der Waals surface area contributed by atoms with E-state index in [1.165, 1.54) is 0 Å². The average molecular weight is 222 g/mol. The summed E-state index contributed by atoms with van der Waals surface area (Å²) >= 11 is 1.98. The van der Waals surface area contributed by atoms with Gasteiger partial charge < -0.3 is 9.90 Å². The summed E-state index contributed by atoms with van der Waals surface area (Å²) in [7, 11) is 0. The molecule has 0 heterocycles. The molecule has 0 fully saturated rings. The Morgan fingerprint density at radius 1 is 1.71 bits per heavy atom. The Balaban J connectivity index is 0. The molecular weight excluding hydrogens is 218 g/mol. The summed E-state index contributed by atoms with van der Waals surface area (Å²) < 4.78 is 0.639. The number of alkyl halides is 1. The molecule has 0 amide bonds. The Hall–Kier alpha value is 1.20. The van der Waals surface area contributed by atoms with Gasteiger partial charge in [-0.2, -0.15) is 0 Å². The van der Waals surface area contributed by atoms with Crippen molar-refractivity contribution in [1.29, 1.82) is 0 Å². The summed E-state index contributed by atoms with van der Waals surface area (Å²) in [6.45, 7) is 0. The smallest absolute Gasteiger partial charge is 0.550 e. The Labute approximate surface area is 78.1 Å². The number of carbonyl (C=O) groups is 1. The van der Waals surface area contributed by atoms with E-state index in [4.69, 9.17) is 0 Å². The quantitative estimate of drug-likeness (QED) is 0.277. The zero-order chi connectivity index (χ0) is 4.99. The van der Waals surface area contributed by atoms with Crippen LogP contribution >= 0.6 is 22.6 Å². The molecule has 2 nitrogen and oxygen atoms in total. The first-order chi connectivity index (χ1) is 2.77. The number of carbonyl (C=O) groups excluding carboxylic acids is 1. The summed E-state index contributed by atoms with van der Waals surface area (Å²) in [5.41, 5.74) is 0. The summed E-state index contributed by atoms with van der Waals surface area (Å²) in [5, 5.41) is 9.48. The van der Waals surface area contributed by atoms with Crippen molar-refractivity contribution in [2.24, 2.45) is 0 Å². The SMILES string of the molecule is O=C([O-])CCI.[Na+]. The van der Waals surface area contributed by atoms with Crippen molar-refractivity contribution >= 4 is 28.6 Å². The maximum absolute atomic E-state index is 9.48. The van der Waals surface area contributed by atoms with Crippen LogP contribution in [-0.4, -0.2) is 10.4 Å². The fourth-order valence-electron chi connectivity index (χ4n) is 0.0772. The normalized spacial score (nSPS) is 7.00. The predicted molar refractivity (Wildman–Crippen MR) is 28.5 cm³/mol. The Morgan fingerprint density at radius 2 is 2.14 bits per heavy atom. The molecule has 0 saturated carbocycles. The molecule has 4 heteroatoms. The molecule has 0 saturated heterocycles. The van der Waals surface area contributed by atoms with Crippen LogP contribution in [0.2, 0.25) is 0 Å². The van der Waals surface area contributed by atoms with Crippen LogP contribution in [0.15, 0.2) is 0 Å². The van der Waals surface area contributed by atoms with Crippen molar-refractivity contribution in [2.45, 2.75) is 6.42 Å². The number of carboxylic acid groups (broad SMARTS) is 1. The Morgan fingerprint density at radius 3 is 2.14 bits per heavy atom. The van der Waals surface area contributed by atoms with Gasteiger partial charge in [-0.1, -0.05) is 22.6 Å². The third-order valence-corrected chi connectivity index (χ3v) is 0.838. The van der Waals surface area contributed by atoms with E-state index < -0.39 is 5.97 Å². The van der Waals surface area contributed by atoms with Crippen molar-refractivity contribution in [3.63, 3.8) is 0 Å². The number of hydrogen-bond acceptors (Lipinski definition) is 2. The van der Waals surface area contributed by atoms with E-state index in [1.54, 1.807) is 0 Å². The molecular formula is C3H4INaO2. The first-order valence-corrected chi connectivity index (χ1v) is 3.05. The van der Waals surface area contributed by atoms with Gasteiger partial charge in [0.15, 0.2) is 0 Å². The second-order valence-electron chi connectivity index (χ2n) is 0.811. The maximum atomic E-state index is 9.48. The second-order valence-corrected chi connectivity index (χ2v) is 1.89. The van der Waals surface area contributed by atoms with Crippen LogP contribution in [-0.2, 0) is 4.79 Å². The van der Waals surface area contributed by atoms with E-state index in [2.05, 4.69) is 0 Å². The van der Waals surface area contributed by atoms with Crippen molar-refractivity contribution in [3.05, 3.63) is 0 Å². The van der Waals surface area contributed by atoms with Crippen LogP contribution in [0.4, 0.5) is 0 Å². The zero-order valence-corrected chi connectivity index (χ0v) is 8.27. The minimum atomic E-state index is -0.968. The molecule has 0 aliphatic heterocycles. The van der Waals surface area contributed by atoms with E-state index in [0.29, 0.717) is 4.43 Å². The maximum Gasteiger partial charge on any atom is 1.00 e. The van der Waals surface area contributed by atoms with Gasteiger partial charge in [0.1, 0.15) is 0 Å². The molecule has 0 aromatic carbocycles. The molecule has 0 aromatic rings. The van der Waals surface area contributed by atoms with Crippen molar-refractivity contribution in [2.75, 3.05) is 4.43 Å². The van der Waals surface area contributed by atoms with E-state index in [0.717, 1.165) is 0 Å². The third kappa shape index (κ3) is 11.0. The van der Waals surface area contributed by atoms with Crippen molar-refractivity contribution in [1.82, 2.24) is 0 Å². The van der Waals surface area contributed by atoms with Crippen LogP contribution in [0.1, 0.15) is 6.42 Å². The molecule has 7 heavy (non-hydrogen) atoms. The number of hydrogen-bond donors (Lipinski definition) is 0. The van der Waals surface area contributed by atoms with E-state index >= 15 is 0 Å². The number of halogens is 1. The molecule has 0 radical (unpaired) electrons. The molecule has 0 rings (SSSR count). The van der Waals surface area contributed by atoms with Crippen LogP contribution in [0.3, 0.4) is 0 Å². The molecule has 0 spiro atoms. The van der Waals surface area contributed by atoms with Gasteiger partial charge in [-0.3, -0.25) is 0 Å². The molecule has 0 aromatic heterocycles. The monoisotopic (exact) mass is 222 g/mol. The van der Waals surface area contributed by atoms with Gasteiger partial charge in [0.05, 0.1) is 0 Å². The zero-order valence-electron chi connectivity index (χ0n) is 4.11. The summed E-state index contributed by atoms with van der Waals surface area (Å²) in [6, 6.07) is 0. The van der Waals surface area contributed by atoms with Crippen LogP contribution < -0.4 is 34.7 Å². The topological polar surface area (TPSA) is 40.1 Å². The Kier molecular flexibility index (Phi) is 11.4. The molecule has 0 aliphatic rings. The fourth-order valence-corrected chi connectivity index (χ4v) is 0.518. The van der Waals surface area contributed by atoms with Crippen molar-refractivity contribution < 1.29 is 39.5 Å². The summed E-state index contributed by atoms with van der Waals surface area (Å²) in [4.78, 5) is 9.48. The first-order valence-electron chi connectivity index (χ1n) is 1.53. The fraction of sp³-hybridized carbons (Fsp3) is 0.667. The summed E-state index contributed by atoms with van der Waals surface area (Å²) in [6.07, 6.45) is 0.167. The number of aliphatic carboxylic acids is 1. The van der Waals surface area contributed by atoms with Crippen molar-refractivity contribution in [3.8, 4) is 0 Å². The minimum absolute atomic E-state index is 0. The van der Waals surface area contributed by atoms with Gasteiger partial charge in [-0.25, -0.2) is 0 Å². The van der Waals surface area contributed by atoms with E-state index in [-0.39, 0.29) is 36.0 Å². The first kappa shape index (κ1) is 11.1. The van der Waals surface area contributed by atoms with Crippen LogP contribution in [0.5, 0.6) is 0 Å². The van der Waals surface area contributed by atoms with Gasteiger partial charge in [0.25, 0.3) is 0 Å².